The van der Waals surface area contributed by atoms with Crippen LogP contribution in [0.5, 0.6) is 0 Å². The van der Waals surface area contributed by atoms with Crippen LogP contribution in [0.2, 0.25) is 0 Å². The van der Waals surface area contributed by atoms with Gasteiger partial charge in [-0.05, 0) is 39.9 Å². The van der Waals surface area contributed by atoms with Gasteiger partial charge in [0.05, 0.1) is 4.92 Å². The average Bonchev–Trinajstić information content (AvgIpc) is 3.16. The fraction of sp³-hybridized carbons (Fsp3) is 0.375. The molecule has 1 aromatic carbocycles. The molecule has 35 heavy (non-hydrogen) atoms. The lowest BCUT2D eigenvalue weighted by Crippen LogP contribution is -2.75. The van der Waals surface area contributed by atoms with Crippen LogP contribution in [-0.4, -0.2) is 77.9 Å². The van der Waals surface area contributed by atoms with Crippen molar-refractivity contribution >= 4 is 45.7 Å². The number of tetrazole rings is 1. The maximum absolute atomic E-state index is 12.4. The van der Waals surface area contributed by atoms with E-state index in [0.29, 0.717) is 17.3 Å². The lowest BCUT2D eigenvalue weighted by molar-refractivity contribution is -0.384. The van der Waals surface area contributed by atoms with E-state index in [1.165, 1.54) is 36.0 Å². The molecule has 2 N–H and O–H groups in total. The fourth-order valence-electron chi connectivity index (χ4n) is 2.95. The first-order valence-electron chi connectivity index (χ1n) is 9.42. The van der Waals surface area contributed by atoms with Crippen LogP contribution in [0.25, 0.3) is 0 Å². The largest absolute Gasteiger partial charge is 0.449 e. The van der Waals surface area contributed by atoms with Crippen molar-refractivity contribution in [3.63, 3.8) is 0 Å². The minimum absolute atomic E-state index is 0.0542. The molecule has 0 bridgehead atoms. The van der Waals surface area contributed by atoms with E-state index < -0.39 is 50.7 Å². The Hall–Kier alpha value is -3.84. The van der Waals surface area contributed by atoms with E-state index in [0.717, 1.165) is 6.92 Å². The van der Waals surface area contributed by atoms with Gasteiger partial charge in [-0.15, -0.1) is 5.10 Å². The van der Waals surface area contributed by atoms with Crippen molar-refractivity contribution in [3.05, 3.63) is 39.9 Å². The molecule has 0 spiro atoms. The van der Waals surface area contributed by atoms with E-state index in [-0.39, 0.29) is 21.8 Å². The molecule has 1 saturated heterocycles. The summed E-state index contributed by atoms with van der Waals surface area (Å²) >= 11 is 0.668. The second kappa shape index (κ2) is 10.2. The number of hydrogen-bond donors (Lipinski definition) is 2. The topological polar surface area (TPSA) is 226 Å². The number of β-lactam (4-membered cyclic amide) rings is 1. The third-order valence-electron chi connectivity index (χ3n) is 4.50. The summed E-state index contributed by atoms with van der Waals surface area (Å²) in [5, 5.41) is 23.6. The number of aryl methyl sites for hydroxylation is 1. The van der Waals surface area contributed by atoms with Gasteiger partial charge in [0.25, 0.3) is 11.6 Å². The van der Waals surface area contributed by atoms with E-state index in [4.69, 9.17) is 9.47 Å². The molecule has 1 aromatic heterocycles. The highest BCUT2D eigenvalue weighted by atomic mass is 32.2. The van der Waals surface area contributed by atoms with Crippen molar-refractivity contribution < 1.29 is 41.8 Å². The molecule has 188 valence electrons. The fourth-order valence-corrected chi connectivity index (χ4v) is 4.99. The number of alkyl carbamates (subject to hydrolysis) is 1. The number of non-ortho nitro benzene ring substituents is 1. The number of carbonyl (C=O) groups is 3. The standard InChI is InChI=1S/C16H17N7O10S2/c1-8(24)33-14(34-15-18-19-20-21(15)2)12-11(13(25)22(12)35(29,30)31)17-16(26)32-7-9-3-5-10(6-4-9)23(27)28/h3-6,11-12,14H,7H2,1-2H3,(H,17,26)(H,29,30,31)/t11-,12-,14?/m1/s1. The van der Waals surface area contributed by atoms with E-state index in [1.54, 1.807) is 0 Å². The molecular formula is C16H17N7O10S2. The summed E-state index contributed by atoms with van der Waals surface area (Å²) in [5.74, 6) is -2.06. The summed E-state index contributed by atoms with van der Waals surface area (Å²) in [6.07, 6.45) is -1.14. The summed E-state index contributed by atoms with van der Waals surface area (Å²) < 4.78 is 44.4. The Bertz CT molecular complexity index is 1250. The number of nitrogens with zero attached hydrogens (tertiary/aromatic N) is 6. The Balaban J connectivity index is 1.76. The minimum atomic E-state index is -5.10. The first kappa shape index (κ1) is 25.8. The zero-order chi connectivity index (χ0) is 25.9. The van der Waals surface area contributed by atoms with Crippen molar-refractivity contribution in [1.82, 2.24) is 29.8 Å². The van der Waals surface area contributed by atoms with Crippen LogP contribution in [0.1, 0.15) is 12.5 Å². The van der Waals surface area contributed by atoms with Crippen LogP contribution in [0.15, 0.2) is 29.4 Å². The lowest BCUT2D eigenvalue weighted by atomic mass is 9.99. The van der Waals surface area contributed by atoms with Crippen molar-refractivity contribution in [3.8, 4) is 0 Å². The number of rotatable bonds is 9. The van der Waals surface area contributed by atoms with Gasteiger partial charge in [0, 0.05) is 26.1 Å². The number of nitro benzene ring substituents is 1. The maximum atomic E-state index is 12.4. The highest BCUT2D eigenvalue weighted by Crippen LogP contribution is 2.35. The molecule has 19 heteroatoms. The highest BCUT2D eigenvalue weighted by molar-refractivity contribution is 7.99. The predicted octanol–water partition coefficient (Wildman–Crippen LogP) is -0.592. The number of aromatic nitrogens is 4. The second-order valence-corrected chi connectivity index (χ2v) is 9.26. The van der Waals surface area contributed by atoms with Crippen LogP contribution < -0.4 is 5.32 Å². The smallest absolute Gasteiger partial charge is 0.408 e. The lowest BCUT2D eigenvalue weighted by Gasteiger charge is -2.46. The van der Waals surface area contributed by atoms with Crippen molar-refractivity contribution in [2.75, 3.05) is 0 Å². The number of ether oxygens (including phenoxy) is 2. The molecule has 0 aliphatic carbocycles. The van der Waals surface area contributed by atoms with Crippen LogP contribution in [-0.2, 0) is 43.0 Å². The average molecular weight is 531 g/mol. The van der Waals surface area contributed by atoms with Gasteiger partial charge in [0.2, 0.25) is 5.16 Å². The van der Waals surface area contributed by atoms with E-state index in [9.17, 15) is 37.5 Å². The van der Waals surface area contributed by atoms with Crippen LogP contribution in [0, 0.1) is 10.1 Å². The first-order valence-corrected chi connectivity index (χ1v) is 11.7. The minimum Gasteiger partial charge on any atom is -0.449 e. The van der Waals surface area contributed by atoms with Gasteiger partial charge in [-0.25, -0.2) is 13.8 Å². The first-order chi connectivity index (χ1) is 16.4. The number of thioether (sulfide) groups is 1. The number of nitrogens with one attached hydrogen (secondary N) is 1. The van der Waals surface area contributed by atoms with Crippen molar-refractivity contribution in [2.45, 2.75) is 36.2 Å². The Morgan fingerprint density at radius 3 is 2.51 bits per heavy atom. The zero-order valence-electron chi connectivity index (χ0n) is 17.9. The molecule has 2 aromatic rings. The third-order valence-corrected chi connectivity index (χ3v) is 6.58. The number of benzene rings is 1. The molecular weight excluding hydrogens is 514 g/mol. The van der Waals surface area contributed by atoms with E-state index in [1.807, 2.05) is 0 Å². The molecule has 17 nitrogen and oxygen atoms in total. The number of esters is 1. The van der Waals surface area contributed by atoms with Gasteiger partial charge in [0.15, 0.2) is 5.44 Å². The number of carbonyl (C=O) groups excluding carboxylic acids is 3. The molecule has 1 aliphatic rings. The summed E-state index contributed by atoms with van der Waals surface area (Å²) in [6, 6.07) is 1.97. The third kappa shape index (κ3) is 6.00. The highest BCUT2D eigenvalue weighted by Gasteiger charge is 2.59. The monoisotopic (exact) mass is 531 g/mol. The van der Waals surface area contributed by atoms with Crippen LogP contribution in [0.4, 0.5) is 10.5 Å². The van der Waals surface area contributed by atoms with Gasteiger partial charge in [0.1, 0.15) is 18.7 Å². The Morgan fingerprint density at radius 1 is 1.34 bits per heavy atom. The molecule has 1 fully saturated rings. The molecule has 2 amide bonds. The summed E-state index contributed by atoms with van der Waals surface area (Å²) in [5.41, 5.74) is -1.24. The van der Waals surface area contributed by atoms with E-state index >= 15 is 0 Å². The van der Waals surface area contributed by atoms with Gasteiger partial charge in [-0.2, -0.15) is 8.42 Å². The SMILES string of the molecule is CC(=O)OC(Sc1nnnn1C)[C@H]1[C@@H](NC(=O)OCc2ccc([N+](=O)[O-])cc2)C(=O)N1S(=O)(=O)O. The number of hydrogen-bond acceptors (Lipinski definition) is 13. The summed E-state index contributed by atoms with van der Waals surface area (Å²) in [4.78, 5) is 46.5. The Kier molecular flexibility index (Phi) is 7.51. The number of nitro groups is 1. The quantitative estimate of drug-likeness (QED) is 0.0784. The van der Waals surface area contributed by atoms with Gasteiger partial charge < -0.3 is 14.8 Å². The molecule has 3 atom stereocenters. The number of amides is 2. The zero-order valence-corrected chi connectivity index (χ0v) is 19.5. The summed E-state index contributed by atoms with van der Waals surface area (Å²) in [7, 11) is -3.65. The van der Waals surface area contributed by atoms with Gasteiger partial charge in [-0.1, -0.05) is 0 Å². The molecule has 1 aliphatic heterocycles. The summed E-state index contributed by atoms with van der Waals surface area (Å²) in [6.45, 7) is 0.700. The molecule has 0 saturated carbocycles. The molecule has 1 unspecified atom stereocenters. The van der Waals surface area contributed by atoms with Crippen LogP contribution in [0.3, 0.4) is 0 Å². The van der Waals surface area contributed by atoms with Gasteiger partial charge >= 0.3 is 22.4 Å². The van der Waals surface area contributed by atoms with Crippen LogP contribution >= 0.6 is 11.8 Å². The predicted molar refractivity (Wildman–Crippen MR) is 113 cm³/mol. The molecule has 0 radical (unpaired) electrons. The van der Waals surface area contributed by atoms with Gasteiger partial charge in [-0.3, -0.25) is 24.3 Å². The molecule has 3 rings (SSSR count). The Labute approximate surface area is 200 Å². The van der Waals surface area contributed by atoms with Crippen molar-refractivity contribution in [1.29, 1.82) is 0 Å². The maximum Gasteiger partial charge on any atom is 0.408 e. The molecule has 2 heterocycles. The normalized spacial score (nSPS) is 18.4. The van der Waals surface area contributed by atoms with Crippen molar-refractivity contribution in [2.24, 2.45) is 7.05 Å². The second-order valence-electron chi connectivity index (χ2n) is 6.90. The van der Waals surface area contributed by atoms with E-state index in [2.05, 4.69) is 20.8 Å². The Morgan fingerprint density at radius 2 is 2.00 bits per heavy atom.